The Morgan fingerprint density at radius 1 is 0.244 bits per heavy atom. The largest absolute Gasteiger partial charge is 2.00 e. The average Bonchev–Trinajstić information content (AvgIpc) is 1.60. The van der Waals surface area contributed by atoms with E-state index in [0.717, 1.165) is 101 Å². The van der Waals surface area contributed by atoms with Gasteiger partial charge in [-0.05, 0) is 135 Å². The molecule has 0 saturated carbocycles. The number of hydrogen-bond acceptors (Lipinski definition) is 0. The molecule has 2 nitrogen and oxygen atoms in total. The Morgan fingerprint density at radius 3 is 0.667 bits per heavy atom. The van der Waals surface area contributed by atoms with E-state index >= 15 is 0 Å². The average molecular weight is 1290 g/mol. The van der Waals surface area contributed by atoms with Gasteiger partial charge in [0.25, 0.3) is 0 Å². The van der Waals surface area contributed by atoms with Crippen molar-refractivity contribution in [1.82, 2.24) is 0 Å². The van der Waals surface area contributed by atoms with Crippen molar-refractivity contribution in [2.24, 2.45) is 0 Å². The van der Waals surface area contributed by atoms with Gasteiger partial charge in [0.1, 0.15) is 0 Å². The third-order valence-corrected chi connectivity index (χ3v) is 19.4. The van der Waals surface area contributed by atoms with Crippen LogP contribution in [0.4, 0.5) is 0 Å². The molecule has 2 aromatic carbocycles. The molecular weight excluding hydrogens is 1130 g/mol. The van der Waals surface area contributed by atoms with Gasteiger partial charge in [-0.2, -0.15) is 12.8 Å². The fraction of sp³-hybridized carbons (Fsp3) is 0.793. The second-order valence-corrected chi connectivity index (χ2v) is 28.0. The number of allylic oxidation sites excluding steroid dienone is 2. The predicted octanol–water partition coefficient (Wildman–Crippen LogP) is 30.6. The molecule has 2 aromatic rings. The van der Waals surface area contributed by atoms with Gasteiger partial charge in [0.05, 0.1) is 0 Å². The third-order valence-electron chi connectivity index (χ3n) is 19.4. The summed E-state index contributed by atoms with van der Waals surface area (Å²) in [6.07, 6.45) is 78.6. The summed E-state index contributed by atoms with van der Waals surface area (Å²) in [4.78, 5) is 0. The monoisotopic (exact) mass is 1290 g/mol. The van der Waals surface area contributed by atoms with Crippen LogP contribution in [0.1, 0.15) is 454 Å². The number of aryl methyl sites for hydroxylation is 4. The molecule has 1 heterocycles. The minimum Gasteiger partial charge on any atom is -0.493 e. The smallest absolute Gasteiger partial charge is 0.493 e. The van der Waals surface area contributed by atoms with E-state index in [1.807, 2.05) is 0 Å². The Balaban J connectivity index is 0.00000159. The molecule has 0 atom stereocenters. The van der Waals surface area contributed by atoms with Crippen molar-refractivity contribution in [3.8, 4) is 0 Å². The van der Waals surface area contributed by atoms with Crippen LogP contribution in [-0.2, 0) is 55.0 Å². The van der Waals surface area contributed by atoms with Crippen molar-refractivity contribution in [2.45, 2.75) is 448 Å². The van der Waals surface area contributed by atoms with Gasteiger partial charge in [0, 0.05) is 22.3 Å². The van der Waals surface area contributed by atoms with E-state index in [1.54, 1.807) is 15.8 Å². The summed E-state index contributed by atoms with van der Waals surface area (Å²) < 4.78 is 1.68. The fourth-order valence-corrected chi connectivity index (χ4v) is 14.1. The van der Waals surface area contributed by atoms with E-state index in [2.05, 4.69) is 107 Å². The van der Waals surface area contributed by atoms with Crippen LogP contribution in [0.3, 0.4) is 0 Å². The zero-order valence-electron chi connectivity index (χ0n) is 62.7. The van der Waals surface area contributed by atoms with Gasteiger partial charge in [-0.15, -0.1) is 0 Å². The van der Waals surface area contributed by atoms with Gasteiger partial charge >= 0.3 is 16.5 Å². The molecule has 0 unspecified atom stereocenters. The Kier molecular flexibility index (Phi) is 62.9. The standard InChI is InChI=1S/C47H74N2.2C20H41.Ni/c1-9-17-21-29-42-36(24-13-5)32-40(33-37(42)25-14-6)46-44(28-20-12-4)45(31-23-19-11-3)47(49(46)48)41-34-38(26-15-7)43(30-22-18-10-2)39(35-41)27-16-8;2*1-3-5-7-9-11-13-15-17-19-20-18-16-14-12-10-8-6-4-2;/h32-35H,9-31H2,1-8H3;2*1,3-20H2,2H3;/q;2*-1;+2. The molecule has 0 saturated heterocycles. The molecule has 1 aliphatic heterocycles. The zero-order valence-corrected chi connectivity index (χ0v) is 63.6. The number of nitrogens with zero attached hydrogens (tertiary/aromatic N) is 2. The summed E-state index contributed by atoms with van der Waals surface area (Å²) in [6.45, 7) is 30.9. The first kappa shape index (κ1) is 88.0. The molecule has 1 aliphatic rings. The normalized spacial score (nSPS) is 12.2. The molecule has 524 valence electrons. The molecule has 0 radical (unpaired) electrons. The summed E-state index contributed by atoms with van der Waals surface area (Å²) in [5.74, 6) is 0. The summed E-state index contributed by atoms with van der Waals surface area (Å²) in [5.41, 5.74) is 29.3. The van der Waals surface area contributed by atoms with Gasteiger partial charge in [0.2, 0.25) is 11.4 Å². The first-order chi connectivity index (χ1) is 43.8. The quantitative estimate of drug-likeness (QED) is 0.0273. The van der Waals surface area contributed by atoms with Crippen LogP contribution in [-0.4, -0.2) is 4.70 Å². The van der Waals surface area contributed by atoms with Crippen molar-refractivity contribution in [1.29, 1.82) is 0 Å². The molecule has 0 amide bonds. The van der Waals surface area contributed by atoms with Gasteiger partial charge in [-0.3, -0.25) is 0 Å². The minimum absolute atomic E-state index is 0. The minimum atomic E-state index is 0. The first-order valence-electron chi connectivity index (χ1n) is 40.6. The van der Waals surface area contributed by atoms with E-state index in [-0.39, 0.29) is 16.5 Å². The van der Waals surface area contributed by atoms with Crippen LogP contribution in [0.25, 0.3) is 16.9 Å². The van der Waals surface area contributed by atoms with Gasteiger partial charge < -0.3 is 19.4 Å². The summed E-state index contributed by atoms with van der Waals surface area (Å²) >= 11 is 0. The molecule has 0 N–H and O–H groups in total. The number of hydrogen-bond donors (Lipinski definition) is 0. The molecule has 3 heteroatoms. The second-order valence-electron chi connectivity index (χ2n) is 28.0. The van der Waals surface area contributed by atoms with Crippen LogP contribution < -0.4 is 0 Å². The summed E-state index contributed by atoms with van der Waals surface area (Å²) in [6, 6.07) is 9.96. The molecule has 0 aliphatic carbocycles. The summed E-state index contributed by atoms with van der Waals surface area (Å²) in [5, 5.41) is 0. The fourth-order valence-electron chi connectivity index (χ4n) is 14.1. The van der Waals surface area contributed by atoms with E-state index < -0.39 is 0 Å². The van der Waals surface area contributed by atoms with Crippen molar-refractivity contribution in [3.63, 3.8) is 0 Å². The molecule has 90 heavy (non-hydrogen) atoms. The Morgan fingerprint density at radius 2 is 0.444 bits per heavy atom. The van der Waals surface area contributed by atoms with Crippen LogP contribution >= 0.6 is 0 Å². The maximum Gasteiger partial charge on any atom is 2.00 e. The van der Waals surface area contributed by atoms with E-state index in [0.29, 0.717) is 0 Å². The molecular formula is C87H156N2Ni. The molecule has 0 spiro atoms. The maximum atomic E-state index is 12.6. The predicted molar refractivity (Wildman–Crippen MR) is 405 cm³/mol. The zero-order chi connectivity index (χ0) is 65.1. The SMILES string of the molecule is CCCCCC1=C(c2cc(CCC)c(CCCCC)c(CCC)c2)[N+](=[N-])C(c2cc(CCC)c(CCCCC)c(CCC)c2)=C1CCCC.[CH2-]CCCCCCCCCCCCCCCCCCC.[CH2-]CCCCCCCCCCCCCCCCCCC.[Ni+2]. The molecule has 3 rings (SSSR count). The van der Waals surface area contributed by atoms with Gasteiger partial charge in [-0.1, -0.05) is 358 Å². The Bertz CT molecular complexity index is 1880. The number of unbranched alkanes of at least 4 members (excludes halogenated alkanes) is 41. The number of benzene rings is 2. The third kappa shape index (κ3) is 41.1. The van der Waals surface area contributed by atoms with Crippen LogP contribution in [0.15, 0.2) is 35.4 Å². The maximum absolute atomic E-state index is 12.6. The van der Waals surface area contributed by atoms with Crippen molar-refractivity contribution in [2.75, 3.05) is 0 Å². The van der Waals surface area contributed by atoms with Crippen LogP contribution in [0, 0.1) is 13.8 Å². The van der Waals surface area contributed by atoms with E-state index in [1.165, 1.54) is 333 Å². The molecule has 0 bridgehead atoms. The van der Waals surface area contributed by atoms with Gasteiger partial charge in [0.15, 0.2) is 0 Å². The van der Waals surface area contributed by atoms with Crippen molar-refractivity contribution in [3.05, 3.63) is 99.3 Å². The molecule has 0 aromatic heterocycles. The van der Waals surface area contributed by atoms with Crippen molar-refractivity contribution < 1.29 is 21.2 Å². The van der Waals surface area contributed by atoms with E-state index in [9.17, 15) is 5.53 Å². The Hall–Kier alpha value is -1.99. The van der Waals surface area contributed by atoms with Crippen LogP contribution in [0.2, 0.25) is 0 Å². The van der Waals surface area contributed by atoms with Crippen molar-refractivity contribution >= 4 is 11.4 Å². The van der Waals surface area contributed by atoms with Gasteiger partial charge in [-0.25, -0.2) is 4.70 Å². The Labute approximate surface area is 576 Å². The number of rotatable bonds is 59. The van der Waals surface area contributed by atoms with Crippen LogP contribution in [0.5, 0.6) is 0 Å². The second kappa shape index (κ2) is 64.4. The molecule has 0 fully saturated rings. The summed E-state index contributed by atoms with van der Waals surface area (Å²) in [7, 11) is 0. The first-order valence-corrected chi connectivity index (χ1v) is 40.6. The van der Waals surface area contributed by atoms with E-state index in [4.69, 9.17) is 0 Å². The topological polar surface area (TPSA) is 25.3 Å².